The van der Waals surface area contributed by atoms with Gasteiger partial charge < -0.3 is 10.2 Å². The van der Waals surface area contributed by atoms with E-state index in [9.17, 15) is 4.79 Å². The molecule has 0 bridgehead atoms. The zero-order valence-corrected chi connectivity index (χ0v) is 12.0. The number of benzene rings is 1. The SMILES string of the molecule is CN1C(=O)C(C2CCNCC2)c2ccc(Br)cc21. The van der Waals surface area contributed by atoms with Gasteiger partial charge in [-0.2, -0.15) is 0 Å². The fourth-order valence-corrected chi connectivity index (χ4v) is 3.51. The minimum Gasteiger partial charge on any atom is -0.317 e. The smallest absolute Gasteiger partial charge is 0.234 e. The van der Waals surface area contributed by atoms with Crippen LogP contribution in [0.25, 0.3) is 0 Å². The van der Waals surface area contributed by atoms with E-state index in [1.54, 1.807) is 0 Å². The Labute approximate surface area is 116 Å². The van der Waals surface area contributed by atoms with Crippen LogP contribution in [-0.2, 0) is 4.79 Å². The molecule has 0 spiro atoms. The van der Waals surface area contributed by atoms with E-state index >= 15 is 0 Å². The molecule has 3 nitrogen and oxygen atoms in total. The topological polar surface area (TPSA) is 32.3 Å². The van der Waals surface area contributed by atoms with Gasteiger partial charge in [-0.25, -0.2) is 0 Å². The monoisotopic (exact) mass is 308 g/mol. The van der Waals surface area contributed by atoms with Gasteiger partial charge in [-0.3, -0.25) is 4.79 Å². The van der Waals surface area contributed by atoms with Crippen molar-refractivity contribution in [3.8, 4) is 0 Å². The van der Waals surface area contributed by atoms with Gasteiger partial charge in [-0.05, 0) is 49.5 Å². The quantitative estimate of drug-likeness (QED) is 0.864. The lowest BCUT2D eigenvalue weighted by molar-refractivity contribution is -0.120. The third kappa shape index (κ3) is 1.88. The van der Waals surface area contributed by atoms with E-state index in [0.717, 1.165) is 36.1 Å². The number of amides is 1. The molecule has 0 aromatic heterocycles. The molecule has 96 valence electrons. The minimum absolute atomic E-state index is 0.0696. The Morgan fingerprint density at radius 3 is 2.78 bits per heavy atom. The highest BCUT2D eigenvalue weighted by Gasteiger charge is 2.40. The highest BCUT2D eigenvalue weighted by Crippen LogP contribution is 2.44. The number of nitrogens with one attached hydrogen (secondary N) is 1. The highest BCUT2D eigenvalue weighted by atomic mass is 79.9. The predicted molar refractivity (Wildman–Crippen MR) is 75.9 cm³/mol. The molecule has 1 aromatic carbocycles. The Balaban J connectivity index is 1.98. The molecule has 0 radical (unpaired) electrons. The Bertz CT molecular complexity index is 483. The first kappa shape index (κ1) is 12.2. The molecule has 2 heterocycles. The van der Waals surface area contributed by atoms with Crippen molar-refractivity contribution in [3.63, 3.8) is 0 Å². The molecule has 2 aliphatic rings. The van der Waals surface area contributed by atoms with Crippen LogP contribution in [0.15, 0.2) is 22.7 Å². The van der Waals surface area contributed by atoms with Crippen molar-refractivity contribution >= 4 is 27.5 Å². The third-order valence-electron chi connectivity index (χ3n) is 4.14. The molecule has 4 heteroatoms. The van der Waals surface area contributed by atoms with Gasteiger partial charge in [0.2, 0.25) is 5.91 Å². The van der Waals surface area contributed by atoms with Gasteiger partial charge in [0, 0.05) is 17.2 Å². The van der Waals surface area contributed by atoms with Crippen molar-refractivity contribution in [3.05, 3.63) is 28.2 Å². The van der Waals surface area contributed by atoms with E-state index in [4.69, 9.17) is 0 Å². The van der Waals surface area contributed by atoms with Crippen LogP contribution in [0.5, 0.6) is 0 Å². The molecule has 1 N–H and O–H groups in total. The van der Waals surface area contributed by atoms with Gasteiger partial charge in [0.1, 0.15) is 0 Å². The average Bonchev–Trinajstić information content (AvgIpc) is 2.64. The van der Waals surface area contributed by atoms with E-state index in [0.29, 0.717) is 5.92 Å². The second kappa shape index (κ2) is 4.67. The van der Waals surface area contributed by atoms with Crippen LogP contribution in [0.2, 0.25) is 0 Å². The third-order valence-corrected chi connectivity index (χ3v) is 4.63. The van der Waals surface area contributed by atoms with Gasteiger partial charge in [-0.1, -0.05) is 22.0 Å². The second-order valence-corrected chi connectivity index (χ2v) is 6.08. The lowest BCUT2D eigenvalue weighted by Crippen LogP contribution is -2.35. The van der Waals surface area contributed by atoms with Crippen LogP contribution >= 0.6 is 15.9 Å². The Morgan fingerprint density at radius 1 is 1.33 bits per heavy atom. The van der Waals surface area contributed by atoms with Gasteiger partial charge in [-0.15, -0.1) is 0 Å². The summed E-state index contributed by atoms with van der Waals surface area (Å²) in [6, 6.07) is 6.20. The largest absolute Gasteiger partial charge is 0.317 e. The number of likely N-dealkylation sites (N-methyl/N-ethyl adjacent to an activating group) is 1. The fraction of sp³-hybridized carbons (Fsp3) is 0.500. The maximum absolute atomic E-state index is 12.5. The van der Waals surface area contributed by atoms with Crippen LogP contribution in [0.3, 0.4) is 0 Å². The molecular weight excluding hydrogens is 292 g/mol. The van der Waals surface area contributed by atoms with Gasteiger partial charge in [0.25, 0.3) is 0 Å². The molecule has 2 aliphatic heterocycles. The number of hydrogen-bond donors (Lipinski definition) is 1. The predicted octanol–water partition coefficient (Wildman–Crippen LogP) is 2.51. The number of piperidine rings is 1. The van der Waals surface area contributed by atoms with Crippen molar-refractivity contribution in [1.82, 2.24) is 5.32 Å². The summed E-state index contributed by atoms with van der Waals surface area (Å²) in [6.45, 7) is 2.06. The molecule has 1 saturated heterocycles. The normalized spacial score (nSPS) is 24.4. The van der Waals surface area contributed by atoms with E-state index in [1.807, 2.05) is 24.1 Å². The number of nitrogens with zero attached hydrogens (tertiary/aromatic N) is 1. The first-order chi connectivity index (χ1) is 8.68. The van der Waals surface area contributed by atoms with Crippen molar-refractivity contribution in [2.24, 2.45) is 5.92 Å². The summed E-state index contributed by atoms with van der Waals surface area (Å²) in [7, 11) is 1.88. The lowest BCUT2D eigenvalue weighted by atomic mass is 9.81. The van der Waals surface area contributed by atoms with Crippen molar-refractivity contribution in [1.29, 1.82) is 0 Å². The van der Waals surface area contributed by atoms with Crippen molar-refractivity contribution in [2.45, 2.75) is 18.8 Å². The summed E-state index contributed by atoms with van der Waals surface area (Å²) in [6.07, 6.45) is 2.19. The molecule has 3 rings (SSSR count). The average molecular weight is 309 g/mol. The maximum atomic E-state index is 12.5. The number of carbonyl (C=O) groups excluding carboxylic acids is 1. The Kier molecular flexibility index (Phi) is 3.16. The first-order valence-corrected chi connectivity index (χ1v) is 7.25. The number of fused-ring (bicyclic) bond motifs is 1. The van der Waals surface area contributed by atoms with E-state index in [-0.39, 0.29) is 11.8 Å². The van der Waals surface area contributed by atoms with Gasteiger partial charge >= 0.3 is 0 Å². The standard InChI is InChI=1S/C14H17BrN2O/c1-17-12-8-10(15)2-3-11(12)13(14(17)18)9-4-6-16-7-5-9/h2-3,8-9,13,16H,4-7H2,1H3. The lowest BCUT2D eigenvalue weighted by Gasteiger charge is -2.27. The number of rotatable bonds is 1. The number of hydrogen-bond acceptors (Lipinski definition) is 2. The zero-order chi connectivity index (χ0) is 12.7. The number of carbonyl (C=O) groups is 1. The zero-order valence-electron chi connectivity index (χ0n) is 10.4. The molecule has 0 saturated carbocycles. The van der Waals surface area contributed by atoms with Crippen LogP contribution in [-0.4, -0.2) is 26.0 Å². The van der Waals surface area contributed by atoms with Gasteiger partial charge in [0.15, 0.2) is 0 Å². The van der Waals surface area contributed by atoms with E-state index < -0.39 is 0 Å². The minimum atomic E-state index is 0.0696. The van der Waals surface area contributed by atoms with Crippen molar-refractivity contribution < 1.29 is 4.79 Å². The summed E-state index contributed by atoms with van der Waals surface area (Å²) in [5.41, 5.74) is 2.27. The Morgan fingerprint density at radius 2 is 2.06 bits per heavy atom. The second-order valence-electron chi connectivity index (χ2n) is 5.17. The molecule has 1 fully saturated rings. The summed E-state index contributed by atoms with van der Waals surface area (Å²) in [5.74, 6) is 0.818. The van der Waals surface area contributed by atoms with Gasteiger partial charge in [0.05, 0.1) is 5.92 Å². The highest BCUT2D eigenvalue weighted by molar-refractivity contribution is 9.10. The van der Waals surface area contributed by atoms with E-state index in [2.05, 4.69) is 27.3 Å². The molecule has 1 amide bonds. The molecule has 1 unspecified atom stereocenters. The maximum Gasteiger partial charge on any atom is 0.234 e. The van der Waals surface area contributed by atoms with Crippen LogP contribution in [0, 0.1) is 5.92 Å². The summed E-state index contributed by atoms with van der Waals surface area (Å²) >= 11 is 3.48. The molecular formula is C14H17BrN2O. The number of anilines is 1. The van der Waals surface area contributed by atoms with Crippen molar-refractivity contribution in [2.75, 3.05) is 25.0 Å². The molecule has 0 aliphatic carbocycles. The fourth-order valence-electron chi connectivity index (χ4n) is 3.16. The van der Waals surface area contributed by atoms with Crippen LogP contribution < -0.4 is 10.2 Å². The summed E-state index contributed by atoms with van der Waals surface area (Å²) in [5, 5.41) is 3.36. The summed E-state index contributed by atoms with van der Waals surface area (Å²) < 4.78 is 1.03. The summed E-state index contributed by atoms with van der Waals surface area (Å²) in [4.78, 5) is 14.3. The van der Waals surface area contributed by atoms with Crippen LogP contribution in [0.4, 0.5) is 5.69 Å². The number of halogens is 1. The van der Waals surface area contributed by atoms with Crippen LogP contribution in [0.1, 0.15) is 24.3 Å². The molecule has 1 atom stereocenters. The Hall–Kier alpha value is -0.870. The van der Waals surface area contributed by atoms with E-state index in [1.165, 1.54) is 5.56 Å². The molecule has 1 aromatic rings. The molecule has 18 heavy (non-hydrogen) atoms. The first-order valence-electron chi connectivity index (χ1n) is 6.46.